The molecule has 0 saturated carbocycles. The van der Waals surface area contributed by atoms with Crippen molar-refractivity contribution in [2.75, 3.05) is 0 Å². The smallest absolute Gasteiger partial charge is 0.140 e. The molecule has 2 heteroatoms. The molecule has 1 nitrogen and oxygen atoms in total. The molecule has 126 valence electrons. The molecule has 0 radical (unpaired) electrons. The van der Waals surface area contributed by atoms with Gasteiger partial charge in [0.05, 0.1) is 0 Å². The third-order valence-electron chi connectivity index (χ3n) is 4.41. The van der Waals surface area contributed by atoms with Gasteiger partial charge >= 0.3 is 0 Å². The summed E-state index contributed by atoms with van der Waals surface area (Å²) in [7, 11) is -2.08. The Labute approximate surface area is 151 Å². The summed E-state index contributed by atoms with van der Waals surface area (Å²) < 4.78 is 0. The Morgan fingerprint density at radius 2 is 1.00 bits per heavy atom. The van der Waals surface area contributed by atoms with Crippen LogP contribution >= 0.6 is 7.26 Å². The first-order valence-corrected chi connectivity index (χ1v) is 10.5. The minimum atomic E-state index is -2.08. The Kier molecular flexibility index (Phi) is 5.36. The molecule has 25 heavy (non-hydrogen) atoms. The summed E-state index contributed by atoms with van der Waals surface area (Å²) >= 11 is 0. The summed E-state index contributed by atoms with van der Waals surface area (Å²) in [6, 6.07) is 31.7. The van der Waals surface area contributed by atoms with Crippen LogP contribution in [-0.4, -0.2) is 5.11 Å². The number of hydrogen-bond donors (Lipinski definition) is 1. The molecule has 0 amide bonds. The lowest BCUT2D eigenvalue weighted by Crippen LogP contribution is -2.30. The Bertz CT molecular complexity index is 727. The van der Waals surface area contributed by atoms with Gasteiger partial charge in [-0.05, 0) is 36.4 Å². The molecule has 0 aliphatic rings. The lowest BCUT2D eigenvalue weighted by molar-refractivity contribution is 0.353. The van der Waals surface area contributed by atoms with Crippen LogP contribution in [-0.2, 0) is 0 Å². The Hall–Kier alpha value is -2.37. The summed E-state index contributed by atoms with van der Waals surface area (Å²) in [6.45, 7) is 4.06. The topological polar surface area (TPSA) is 20.2 Å². The standard InChI is InChI=1S/C23H23OP/c1-19(2)23(24)18-25(20-12-6-3-7-13-20,21-14-8-4-9-15-21)22-16-10-5-11-17-22/h3-19H,1-2H3/p+1/b23-18-. The van der Waals surface area contributed by atoms with Crippen LogP contribution in [0.1, 0.15) is 13.8 Å². The van der Waals surface area contributed by atoms with Crippen LogP contribution in [0.3, 0.4) is 0 Å². The number of benzene rings is 3. The van der Waals surface area contributed by atoms with Crippen molar-refractivity contribution >= 4 is 23.2 Å². The van der Waals surface area contributed by atoms with Crippen molar-refractivity contribution in [3.8, 4) is 0 Å². The van der Waals surface area contributed by atoms with E-state index in [1.165, 1.54) is 15.9 Å². The molecule has 0 fully saturated rings. The van der Waals surface area contributed by atoms with Gasteiger partial charge in [0.1, 0.15) is 34.8 Å². The molecule has 0 spiro atoms. The summed E-state index contributed by atoms with van der Waals surface area (Å²) in [6.07, 6.45) is 0. The van der Waals surface area contributed by atoms with Crippen molar-refractivity contribution in [3.63, 3.8) is 0 Å². The minimum absolute atomic E-state index is 0.0931. The third kappa shape index (κ3) is 3.52. The molecular formula is C23H24OP+. The highest BCUT2D eigenvalue weighted by molar-refractivity contribution is 7.98. The molecule has 3 aromatic carbocycles. The van der Waals surface area contributed by atoms with Crippen molar-refractivity contribution in [2.45, 2.75) is 13.8 Å². The van der Waals surface area contributed by atoms with E-state index in [0.717, 1.165) is 0 Å². The lowest BCUT2D eigenvalue weighted by atomic mass is 10.2. The molecule has 0 aromatic heterocycles. The molecule has 0 aliphatic heterocycles. The number of aliphatic hydroxyl groups is 1. The Balaban J connectivity index is 2.38. The summed E-state index contributed by atoms with van der Waals surface area (Å²) in [5, 5.41) is 14.5. The average Bonchev–Trinajstić information content (AvgIpc) is 2.68. The molecule has 0 atom stereocenters. The third-order valence-corrected chi connectivity index (χ3v) is 8.40. The molecule has 0 heterocycles. The van der Waals surface area contributed by atoms with E-state index in [1.807, 2.05) is 32.0 Å². The van der Waals surface area contributed by atoms with Crippen LogP contribution < -0.4 is 15.9 Å². The first-order chi connectivity index (χ1) is 12.1. The normalized spacial score (nSPS) is 12.4. The van der Waals surface area contributed by atoms with E-state index < -0.39 is 7.26 Å². The van der Waals surface area contributed by atoms with E-state index in [0.29, 0.717) is 5.76 Å². The van der Waals surface area contributed by atoms with E-state index >= 15 is 0 Å². The largest absolute Gasteiger partial charge is 0.509 e. The van der Waals surface area contributed by atoms with Crippen LogP contribution in [0, 0.1) is 5.92 Å². The van der Waals surface area contributed by atoms with Crippen LogP contribution in [0.4, 0.5) is 0 Å². The first kappa shape index (κ1) is 17.5. The van der Waals surface area contributed by atoms with Gasteiger partial charge in [-0.3, -0.25) is 0 Å². The molecule has 1 N–H and O–H groups in total. The quantitative estimate of drug-likeness (QED) is 0.507. The van der Waals surface area contributed by atoms with Crippen molar-refractivity contribution in [1.29, 1.82) is 0 Å². The second-order valence-electron chi connectivity index (χ2n) is 6.44. The molecule has 0 bridgehead atoms. The van der Waals surface area contributed by atoms with Gasteiger partial charge in [0.25, 0.3) is 0 Å². The molecule has 3 aromatic rings. The highest BCUT2D eigenvalue weighted by Crippen LogP contribution is 2.57. The van der Waals surface area contributed by atoms with Crippen molar-refractivity contribution < 1.29 is 5.11 Å². The van der Waals surface area contributed by atoms with Crippen molar-refractivity contribution in [3.05, 3.63) is 103 Å². The molecular weight excluding hydrogens is 323 g/mol. The molecule has 0 aliphatic carbocycles. The maximum Gasteiger partial charge on any atom is 0.140 e. The highest BCUT2D eigenvalue weighted by atomic mass is 31.2. The molecule has 0 unspecified atom stereocenters. The van der Waals surface area contributed by atoms with E-state index in [9.17, 15) is 5.11 Å². The SMILES string of the molecule is CC(C)/C(O)=C/[P+](c1ccccc1)(c1ccccc1)c1ccccc1. The summed E-state index contributed by atoms with van der Waals surface area (Å²) in [5.41, 5.74) is 0. The van der Waals surface area contributed by atoms with Gasteiger partial charge in [-0.2, -0.15) is 0 Å². The summed E-state index contributed by atoms with van der Waals surface area (Å²) in [4.78, 5) is 0. The maximum atomic E-state index is 10.7. The summed E-state index contributed by atoms with van der Waals surface area (Å²) in [5.74, 6) is 2.66. The van der Waals surface area contributed by atoms with Gasteiger partial charge in [0.15, 0.2) is 0 Å². The van der Waals surface area contributed by atoms with E-state index in [4.69, 9.17) is 0 Å². The van der Waals surface area contributed by atoms with E-state index in [2.05, 4.69) is 78.6 Å². The predicted octanol–water partition coefficient (Wildman–Crippen LogP) is 5.04. The zero-order valence-corrected chi connectivity index (χ0v) is 15.6. The molecule has 3 rings (SSSR count). The Morgan fingerprint density at radius 1 is 0.680 bits per heavy atom. The van der Waals surface area contributed by atoms with Gasteiger partial charge in [0, 0.05) is 5.92 Å². The van der Waals surface area contributed by atoms with Crippen LogP contribution in [0.5, 0.6) is 0 Å². The fraction of sp³-hybridized carbons (Fsp3) is 0.130. The first-order valence-electron chi connectivity index (χ1n) is 8.62. The minimum Gasteiger partial charge on any atom is -0.509 e. The fourth-order valence-corrected chi connectivity index (χ4v) is 6.97. The van der Waals surface area contributed by atoms with Gasteiger partial charge in [0.2, 0.25) is 0 Å². The predicted molar refractivity (Wildman–Crippen MR) is 111 cm³/mol. The monoisotopic (exact) mass is 347 g/mol. The second-order valence-corrected chi connectivity index (χ2v) is 9.69. The van der Waals surface area contributed by atoms with Crippen LogP contribution in [0.25, 0.3) is 0 Å². The zero-order valence-electron chi connectivity index (χ0n) is 14.7. The van der Waals surface area contributed by atoms with Gasteiger partial charge < -0.3 is 5.11 Å². The molecule has 0 saturated heterocycles. The van der Waals surface area contributed by atoms with Crippen LogP contribution in [0.15, 0.2) is 103 Å². The number of rotatable bonds is 5. The maximum absolute atomic E-state index is 10.7. The van der Waals surface area contributed by atoms with Crippen LogP contribution in [0.2, 0.25) is 0 Å². The van der Waals surface area contributed by atoms with E-state index in [1.54, 1.807) is 0 Å². The van der Waals surface area contributed by atoms with Crippen molar-refractivity contribution in [1.82, 2.24) is 0 Å². The number of hydrogen-bond acceptors (Lipinski definition) is 1. The number of aliphatic hydroxyl groups excluding tert-OH is 1. The van der Waals surface area contributed by atoms with Gasteiger partial charge in [-0.25, -0.2) is 0 Å². The fourth-order valence-electron chi connectivity index (χ4n) is 3.01. The average molecular weight is 347 g/mol. The second kappa shape index (κ2) is 7.68. The van der Waals surface area contributed by atoms with Gasteiger partial charge in [-0.15, -0.1) is 0 Å². The number of allylic oxidation sites excluding steroid dienone is 1. The van der Waals surface area contributed by atoms with Crippen molar-refractivity contribution in [2.24, 2.45) is 5.92 Å². The lowest BCUT2D eigenvalue weighted by Gasteiger charge is -2.24. The Morgan fingerprint density at radius 3 is 1.28 bits per heavy atom. The highest BCUT2D eigenvalue weighted by Gasteiger charge is 2.44. The van der Waals surface area contributed by atoms with E-state index in [-0.39, 0.29) is 5.92 Å². The van der Waals surface area contributed by atoms with Gasteiger partial charge in [-0.1, -0.05) is 68.4 Å². The zero-order chi connectivity index (χ0) is 17.7.